The van der Waals surface area contributed by atoms with E-state index in [1.165, 1.54) is 7.11 Å². The zero-order valence-corrected chi connectivity index (χ0v) is 15.9. The van der Waals surface area contributed by atoms with Crippen LogP contribution in [0.5, 0.6) is 0 Å². The Morgan fingerprint density at radius 1 is 1.32 bits per heavy atom. The minimum Gasteiger partial charge on any atom is -0.465 e. The lowest BCUT2D eigenvalue weighted by Gasteiger charge is -2.29. The number of terminal acetylenes is 1. The fraction of sp³-hybridized carbons (Fsp3) is 0.500. The number of anilines is 2. The van der Waals surface area contributed by atoms with Gasteiger partial charge in [0.1, 0.15) is 0 Å². The van der Waals surface area contributed by atoms with Crippen LogP contribution in [0, 0.1) is 12.3 Å². The van der Waals surface area contributed by atoms with E-state index in [4.69, 9.17) is 15.9 Å². The molecule has 0 radical (unpaired) electrons. The molecule has 0 spiro atoms. The number of carbonyl (C=O) groups is 2. The number of ether oxygens (including phenoxy) is 2. The standard InChI is InChI=1S/C20H24N4O4/c1-3-4-8-20(22-23-20)9-7-18(25)21-17-6-5-15(14-16(17)19(26)27-2)24-10-12-28-13-11-24/h1,5-6,14H,4,7-13H2,2H3,(H,21,25). The lowest BCUT2D eigenvalue weighted by atomic mass is 10.0. The molecule has 8 heteroatoms. The second kappa shape index (κ2) is 8.85. The molecule has 148 valence electrons. The number of hydrogen-bond acceptors (Lipinski definition) is 7. The summed E-state index contributed by atoms with van der Waals surface area (Å²) in [6.45, 7) is 2.78. The first-order chi connectivity index (χ1) is 13.6. The van der Waals surface area contributed by atoms with E-state index in [9.17, 15) is 9.59 Å². The van der Waals surface area contributed by atoms with Gasteiger partial charge in [0, 0.05) is 44.5 Å². The number of esters is 1. The van der Waals surface area contributed by atoms with E-state index in [0.717, 1.165) is 18.8 Å². The molecule has 1 saturated heterocycles. The zero-order chi connectivity index (χ0) is 20.0. The summed E-state index contributed by atoms with van der Waals surface area (Å²) in [4.78, 5) is 26.8. The van der Waals surface area contributed by atoms with Crippen LogP contribution < -0.4 is 10.2 Å². The predicted octanol–water partition coefficient (Wildman–Crippen LogP) is 2.60. The maximum absolute atomic E-state index is 12.4. The van der Waals surface area contributed by atoms with Gasteiger partial charge in [0.25, 0.3) is 0 Å². The van der Waals surface area contributed by atoms with E-state index >= 15 is 0 Å². The number of morpholine rings is 1. The molecule has 0 aliphatic carbocycles. The summed E-state index contributed by atoms with van der Waals surface area (Å²) in [5, 5.41) is 10.9. The minimum atomic E-state index is -0.505. The minimum absolute atomic E-state index is 0.207. The number of nitrogens with zero attached hydrogens (tertiary/aromatic N) is 3. The molecule has 1 aromatic rings. The number of methoxy groups -OCH3 is 1. The van der Waals surface area contributed by atoms with Gasteiger partial charge in [0.15, 0.2) is 5.66 Å². The lowest BCUT2D eigenvalue weighted by Crippen LogP contribution is -2.36. The Balaban J connectivity index is 1.65. The molecule has 1 fully saturated rings. The van der Waals surface area contributed by atoms with Gasteiger partial charge in [0.05, 0.1) is 31.6 Å². The summed E-state index contributed by atoms with van der Waals surface area (Å²) >= 11 is 0. The van der Waals surface area contributed by atoms with E-state index < -0.39 is 11.6 Å². The molecule has 1 aromatic carbocycles. The van der Waals surface area contributed by atoms with Gasteiger partial charge < -0.3 is 19.7 Å². The third-order valence-corrected chi connectivity index (χ3v) is 4.86. The summed E-state index contributed by atoms with van der Waals surface area (Å²) in [5.41, 5.74) is 1.14. The first-order valence-electron chi connectivity index (χ1n) is 9.29. The molecule has 2 aliphatic rings. The Bertz CT molecular complexity index is 803. The van der Waals surface area contributed by atoms with Gasteiger partial charge in [-0.3, -0.25) is 4.79 Å². The van der Waals surface area contributed by atoms with Crippen molar-refractivity contribution in [2.24, 2.45) is 10.2 Å². The van der Waals surface area contributed by atoms with Gasteiger partial charge >= 0.3 is 5.97 Å². The summed E-state index contributed by atoms with van der Waals surface area (Å²) < 4.78 is 10.3. The molecule has 3 rings (SSSR count). The molecule has 0 atom stereocenters. The van der Waals surface area contributed by atoms with Gasteiger partial charge in [0.2, 0.25) is 5.91 Å². The molecular weight excluding hydrogens is 360 g/mol. The largest absolute Gasteiger partial charge is 0.465 e. The van der Waals surface area contributed by atoms with Crippen molar-refractivity contribution in [1.29, 1.82) is 0 Å². The van der Waals surface area contributed by atoms with Crippen LogP contribution in [0.15, 0.2) is 28.4 Å². The van der Waals surface area contributed by atoms with Gasteiger partial charge in [-0.1, -0.05) is 0 Å². The number of benzene rings is 1. The molecule has 0 bridgehead atoms. The molecule has 0 aromatic heterocycles. The average Bonchev–Trinajstić information content (AvgIpc) is 3.51. The summed E-state index contributed by atoms with van der Waals surface area (Å²) in [6.07, 6.45) is 7.24. The first-order valence-corrected chi connectivity index (χ1v) is 9.29. The third-order valence-electron chi connectivity index (χ3n) is 4.86. The number of amides is 1. The Labute approximate surface area is 164 Å². The van der Waals surface area contributed by atoms with Crippen LogP contribution in [0.4, 0.5) is 11.4 Å². The van der Waals surface area contributed by atoms with Gasteiger partial charge in [-0.2, -0.15) is 10.2 Å². The highest BCUT2D eigenvalue weighted by Crippen LogP contribution is 2.37. The van der Waals surface area contributed by atoms with Crippen molar-refractivity contribution in [3.63, 3.8) is 0 Å². The lowest BCUT2D eigenvalue weighted by molar-refractivity contribution is -0.116. The first kappa shape index (κ1) is 19.8. The number of carbonyl (C=O) groups excluding carboxylic acids is 2. The van der Waals surface area contributed by atoms with Crippen molar-refractivity contribution in [2.75, 3.05) is 43.6 Å². The van der Waals surface area contributed by atoms with Crippen molar-refractivity contribution in [3.8, 4) is 12.3 Å². The van der Waals surface area contributed by atoms with Gasteiger partial charge in [-0.25, -0.2) is 4.79 Å². The molecule has 1 amide bonds. The van der Waals surface area contributed by atoms with E-state index in [0.29, 0.717) is 43.7 Å². The highest BCUT2D eigenvalue weighted by molar-refractivity contribution is 6.02. The normalized spacial score (nSPS) is 16.9. The Kier molecular flexibility index (Phi) is 6.26. The van der Waals surface area contributed by atoms with Crippen molar-refractivity contribution in [2.45, 2.75) is 31.3 Å². The molecule has 0 unspecified atom stereocenters. The second-order valence-electron chi connectivity index (χ2n) is 6.76. The van der Waals surface area contributed by atoms with Crippen LogP contribution >= 0.6 is 0 Å². The molecule has 28 heavy (non-hydrogen) atoms. The average molecular weight is 384 g/mol. The monoisotopic (exact) mass is 384 g/mol. The molecule has 1 N–H and O–H groups in total. The van der Waals surface area contributed by atoms with Crippen LogP contribution in [0.2, 0.25) is 0 Å². The van der Waals surface area contributed by atoms with E-state index in [1.807, 2.05) is 6.07 Å². The fourth-order valence-corrected chi connectivity index (χ4v) is 3.13. The van der Waals surface area contributed by atoms with Crippen molar-refractivity contribution in [1.82, 2.24) is 0 Å². The quantitative estimate of drug-likeness (QED) is 0.549. The Hall–Kier alpha value is -2.92. The van der Waals surface area contributed by atoms with Gasteiger partial charge in [-0.15, -0.1) is 12.3 Å². The van der Waals surface area contributed by atoms with Crippen LogP contribution in [0.3, 0.4) is 0 Å². The predicted molar refractivity (Wildman–Crippen MR) is 104 cm³/mol. The molecule has 2 aliphatic heterocycles. The Morgan fingerprint density at radius 2 is 2.07 bits per heavy atom. The molecular formula is C20H24N4O4. The second-order valence-corrected chi connectivity index (χ2v) is 6.76. The molecule has 8 nitrogen and oxygen atoms in total. The Morgan fingerprint density at radius 3 is 2.71 bits per heavy atom. The highest BCUT2D eigenvalue weighted by Gasteiger charge is 2.39. The topological polar surface area (TPSA) is 92.6 Å². The maximum atomic E-state index is 12.4. The van der Waals surface area contributed by atoms with Crippen LogP contribution in [0.1, 0.15) is 36.0 Å². The van der Waals surface area contributed by atoms with Gasteiger partial charge in [-0.05, 0) is 18.2 Å². The van der Waals surface area contributed by atoms with E-state index in [1.54, 1.807) is 12.1 Å². The van der Waals surface area contributed by atoms with E-state index in [-0.39, 0.29) is 12.3 Å². The van der Waals surface area contributed by atoms with Crippen molar-refractivity contribution >= 4 is 23.3 Å². The number of rotatable bonds is 8. The smallest absolute Gasteiger partial charge is 0.340 e. The maximum Gasteiger partial charge on any atom is 0.340 e. The van der Waals surface area contributed by atoms with Crippen LogP contribution in [-0.2, 0) is 14.3 Å². The fourth-order valence-electron chi connectivity index (χ4n) is 3.13. The van der Waals surface area contributed by atoms with Crippen molar-refractivity contribution in [3.05, 3.63) is 23.8 Å². The summed E-state index contributed by atoms with van der Waals surface area (Å²) in [7, 11) is 1.32. The third kappa shape index (κ3) is 4.87. The summed E-state index contributed by atoms with van der Waals surface area (Å²) in [5.74, 6) is 1.86. The number of nitrogens with one attached hydrogen (secondary N) is 1. The van der Waals surface area contributed by atoms with Crippen LogP contribution in [-0.4, -0.2) is 51.0 Å². The van der Waals surface area contributed by atoms with Crippen LogP contribution in [0.25, 0.3) is 0 Å². The van der Waals surface area contributed by atoms with Crippen molar-refractivity contribution < 1.29 is 19.1 Å². The number of hydrogen-bond donors (Lipinski definition) is 1. The zero-order valence-electron chi connectivity index (χ0n) is 15.9. The summed E-state index contributed by atoms with van der Waals surface area (Å²) in [6, 6.07) is 5.36. The molecule has 2 heterocycles. The highest BCUT2D eigenvalue weighted by atomic mass is 16.5. The van der Waals surface area contributed by atoms with E-state index in [2.05, 4.69) is 26.4 Å². The molecule has 0 saturated carbocycles. The SMILES string of the molecule is C#CCCC1(CCC(=O)Nc2ccc(N3CCOCC3)cc2C(=O)OC)N=N1.